The topological polar surface area (TPSA) is 76.7 Å². The van der Waals surface area contributed by atoms with Crippen LogP contribution in [0.2, 0.25) is 10.0 Å². The van der Waals surface area contributed by atoms with E-state index in [4.69, 9.17) is 32.7 Å². The number of hydrogen-bond donors (Lipinski definition) is 2. The Hall–Kier alpha value is -2.44. The van der Waals surface area contributed by atoms with Gasteiger partial charge in [-0.2, -0.15) is 0 Å². The molecule has 2 N–H and O–H groups in total. The smallest absolute Gasteiger partial charge is 0.276 e. The van der Waals surface area contributed by atoms with Gasteiger partial charge in [-0.1, -0.05) is 76.9 Å². The molecule has 32 heavy (non-hydrogen) atoms. The largest absolute Gasteiger partial charge is 0.483 e. The zero-order chi connectivity index (χ0) is 24.1. The lowest BCUT2D eigenvalue weighted by molar-refractivity contribution is -0.131. The van der Waals surface area contributed by atoms with Gasteiger partial charge >= 0.3 is 0 Å². The van der Waals surface area contributed by atoms with E-state index in [0.29, 0.717) is 16.5 Å². The van der Waals surface area contributed by atoms with Gasteiger partial charge in [-0.3, -0.25) is 20.4 Å². The fraction of sp³-hybridized carbons (Fsp3) is 0.417. The Morgan fingerprint density at radius 1 is 0.781 bits per heavy atom. The van der Waals surface area contributed by atoms with Crippen LogP contribution >= 0.6 is 23.2 Å². The second-order valence-electron chi connectivity index (χ2n) is 9.46. The van der Waals surface area contributed by atoms with Crippen molar-refractivity contribution in [3.8, 4) is 11.5 Å². The first-order valence-electron chi connectivity index (χ1n) is 10.2. The Morgan fingerprint density at radius 2 is 1.31 bits per heavy atom. The van der Waals surface area contributed by atoms with Crippen molar-refractivity contribution >= 4 is 35.0 Å². The van der Waals surface area contributed by atoms with Gasteiger partial charge in [0, 0.05) is 5.02 Å². The van der Waals surface area contributed by atoms with Crippen LogP contribution in [0.4, 0.5) is 0 Å². The van der Waals surface area contributed by atoms with Crippen LogP contribution in [0, 0.1) is 0 Å². The van der Waals surface area contributed by atoms with Crippen molar-refractivity contribution in [3.63, 3.8) is 0 Å². The van der Waals surface area contributed by atoms with Crippen LogP contribution in [0.1, 0.15) is 52.7 Å². The molecule has 0 radical (unpaired) electrons. The number of amides is 2. The SMILES string of the molecule is CC(C)(C)c1ccc(OCC(=O)NNC(=O)COc2ccc(Cl)cc2Cl)c(C(C)(C)C)c1. The summed E-state index contributed by atoms with van der Waals surface area (Å²) in [6, 6.07) is 10.7. The highest BCUT2D eigenvalue weighted by molar-refractivity contribution is 6.35. The van der Waals surface area contributed by atoms with Crippen LogP contribution in [0.15, 0.2) is 36.4 Å². The number of ether oxygens (including phenoxy) is 2. The molecule has 2 amide bonds. The lowest BCUT2D eigenvalue weighted by Gasteiger charge is -2.27. The van der Waals surface area contributed by atoms with Gasteiger partial charge in [-0.25, -0.2) is 0 Å². The Kier molecular flexibility index (Phi) is 8.43. The van der Waals surface area contributed by atoms with Crippen molar-refractivity contribution in [2.75, 3.05) is 13.2 Å². The first kappa shape index (κ1) is 25.8. The Balaban J connectivity index is 1.89. The summed E-state index contributed by atoms with van der Waals surface area (Å²) >= 11 is 11.8. The molecule has 0 aliphatic rings. The van der Waals surface area contributed by atoms with Gasteiger partial charge in [-0.05, 0) is 46.2 Å². The summed E-state index contributed by atoms with van der Waals surface area (Å²) < 4.78 is 11.1. The van der Waals surface area contributed by atoms with E-state index in [1.54, 1.807) is 12.1 Å². The lowest BCUT2D eigenvalue weighted by Crippen LogP contribution is -2.45. The van der Waals surface area contributed by atoms with E-state index in [9.17, 15) is 9.59 Å². The van der Waals surface area contributed by atoms with Gasteiger partial charge in [0.1, 0.15) is 11.5 Å². The number of hydrazine groups is 1. The second kappa shape index (κ2) is 10.5. The summed E-state index contributed by atoms with van der Waals surface area (Å²) in [6.45, 7) is 12.1. The van der Waals surface area contributed by atoms with Crippen molar-refractivity contribution in [3.05, 3.63) is 57.6 Å². The molecule has 0 atom stereocenters. The number of carbonyl (C=O) groups excluding carboxylic acids is 2. The van der Waals surface area contributed by atoms with Crippen LogP contribution in [-0.4, -0.2) is 25.0 Å². The first-order chi connectivity index (χ1) is 14.8. The minimum absolute atomic E-state index is 0.00149. The predicted octanol–water partition coefficient (Wildman–Crippen LogP) is 5.19. The van der Waals surface area contributed by atoms with Gasteiger partial charge in [-0.15, -0.1) is 0 Å². The number of hydrogen-bond acceptors (Lipinski definition) is 4. The molecule has 0 aliphatic carbocycles. The molecule has 2 aromatic carbocycles. The number of nitrogens with one attached hydrogen (secondary N) is 2. The third kappa shape index (κ3) is 7.61. The van der Waals surface area contributed by atoms with E-state index >= 15 is 0 Å². The zero-order valence-electron chi connectivity index (χ0n) is 19.3. The molecule has 0 bridgehead atoms. The standard InChI is InChI=1S/C24H30Cl2N2O4/c1-23(2,3)15-7-9-19(17(11-15)24(4,5)6)31-13-21(29)27-28-22(30)14-32-20-10-8-16(25)12-18(20)26/h7-12H,13-14H2,1-6H3,(H,27,29)(H,28,30). The van der Waals surface area contributed by atoms with Crippen LogP contribution in [-0.2, 0) is 20.4 Å². The quantitative estimate of drug-likeness (QED) is 0.557. The average Bonchev–Trinajstić information content (AvgIpc) is 2.68. The van der Waals surface area contributed by atoms with Crippen molar-refractivity contribution in [2.45, 2.75) is 52.4 Å². The fourth-order valence-electron chi connectivity index (χ4n) is 2.80. The van der Waals surface area contributed by atoms with E-state index in [1.807, 2.05) is 12.1 Å². The molecule has 0 saturated heterocycles. The van der Waals surface area contributed by atoms with Gasteiger partial charge in [0.15, 0.2) is 13.2 Å². The number of halogens is 2. The Bertz CT molecular complexity index is 979. The third-order valence-corrected chi connectivity index (χ3v) is 5.14. The van der Waals surface area contributed by atoms with Crippen molar-refractivity contribution in [1.29, 1.82) is 0 Å². The van der Waals surface area contributed by atoms with Crippen molar-refractivity contribution in [1.82, 2.24) is 10.9 Å². The molecule has 0 unspecified atom stereocenters. The molecule has 2 rings (SSSR count). The summed E-state index contributed by atoms with van der Waals surface area (Å²) in [4.78, 5) is 24.1. The minimum Gasteiger partial charge on any atom is -0.483 e. The van der Waals surface area contributed by atoms with Crippen molar-refractivity contribution < 1.29 is 19.1 Å². The number of rotatable bonds is 6. The summed E-state index contributed by atoms with van der Waals surface area (Å²) in [6.07, 6.45) is 0. The molecule has 0 saturated carbocycles. The summed E-state index contributed by atoms with van der Waals surface area (Å²) in [5.41, 5.74) is 6.62. The molecule has 0 fully saturated rings. The van der Waals surface area contributed by atoms with Crippen LogP contribution in [0.5, 0.6) is 11.5 Å². The average molecular weight is 481 g/mol. The van der Waals surface area contributed by atoms with Gasteiger partial charge in [0.05, 0.1) is 5.02 Å². The molecule has 174 valence electrons. The molecule has 8 heteroatoms. The Morgan fingerprint density at radius 3 is 1.81 bits per heavy atom. The van der Waals surface area contributed by atoms with Crippen LogP contribution in [0.25, 0.3) is 0 Å². The fourth-order valence-corrected chi connectivity index (χ4v) is 3.26. The molecule has 6 nitrogen and oxygen atoms in total. The highest BCUT2D eigenvalue weighted by atomic mass is 35.5. The third-order valence-electron chi connectivity index (χ3n) is 4.61. The number of carbonyl (C=O) groups is 2. The highest BCUT2D eigenvalue weighted by Gasteiger charge is 2.23. The van der Waals surface area contributed by atoms with E-state index in [1.165, 1.54) is 11.6 Å². The molecular weight excluding hydrogens is 451 g/mol. The van der Waals surface area contributed by atoms with Gasteiger partial charge < -0.3 is 9.47 Å². The number of benzene rings is 2. The summed E-state index contributed by atoms with van der Waals surface area (Å²) in [5, 5.41) is 0.747. The van der Waals surface area contributed by atoms with E-state index in [-0.39, 0.29) is 29.1 Å². The zero-order valence-corrected chi connectivity index (χ0v) is 20.8. The molecule has 0 aromatic heterocycles. The highest BCUT2D eigenvalue weighted by Crippen LogP contribution is 2.35. The van der Waals surface area contributed by atoms with Gasteiger partial charge in [0.2, 0.25) is 0 Å². The molecular formula is C24H30Cl2N2O4. The van der Waals surface area contributed by atoms with Crippen LogP contribution in [0.3, 0.4) is 0 Å². The normalized spacial score (nSPS) is 11.6. The molecule has 0 heterocycles. The molecule has 2 aromatic rings. The van der Waals surface area contributed by atoms with Gasteiger partial charge in [0.25, 0.3) is 11.8 Å². The lowest BCUT2D eigenvalue weighted by atomic mass is 9.80. The van der Waals surface area contributed by atoms with E-state index in [2.05, 4.69) is 58.5 Å². The maximum absolute atomic E-state index is 12.1. The second-order valence-corrected chi connectivity index (χ2v) is 10.3. The summed E-state index contributed by atoms with van der Waals surface area (Å²) in [5.74, 6) is -0.0983. The Labute approximate surface area is 199 Å². The maximum Gasteiger partial charge on any atom is 0.276 e. The molecule has 0 aliphatic heterocycles. The predicted molar refractivity (Wildman–Crippen MR) is 128 cm³/mol. The minimum atomic E-state index is -0.547. The van der Waals surface area contributed by atoms with E-state index in [0.717, 1.165) is 5.56 Å². The van der Waals surface area contributed by atoms with E-state index < -0.39 is 11.8 Å². The summed E-state index contributed by atoms with van der Waals surface area (Å²) in [7, 11) is 0. The van der Waals surface area contributed by atoms with Crippen molar-refractivity contribution in [2.24, 2.45) is 0 Å². The van der Waals surface area contributed by atoms with Crippen LogP contribution < -0.4 is 20.3 Å². The first-order valence-corrected chi connectivity index (χ1v) is 11.0. The monoisotopic (exact) mass is 480 g/mol. The maximum atomic E-state index is 12.1. The molecule has 0 spiro atoms.